The maximum Gasteiger partial charge on any atom is 0.101 e. The first kappa shape index (κ1) is 31.9. The second-order valence-electron chi connectivity index (χ2n) is 10.0. The normalized spacial score (nSPS) is 11.0. The third kappa shape index (κ3) is 7.69. The third-order valence-electron chi connectivity index (χ3n) is 6.91. The van der Waals surface area contributed by atoms with Gasteiger partial charge in [0.1, 0.15) is 11.0 Å². The zero-order valence-electron chi connectivity index (χ0n) is 23.4. The molecule has 45 heavy (non-hydrogen) atoms. The van der Waals surface area contributed by atoms with Crippen LogP contribution in [0.4, 0.5) is 0 Å². The van der Waals surface area contributed by atoms with Gasteiger partial charge in [-0.2, -0.15) is 0 Å². The van der Waals surface area contributed by atoms with E-state index in [9.17, 15) is 0 Å². The number of nitrogens with one attached hydrogen (secondary N) is 1. The Balaban J connectivity index is 0.000000131. The summed E-state index contributed by atoms with van der Waals surface area (Å²) in [6.45, 7) is 0.799. The second-order valence-corrected chi connectivity index (χ2v) is 13.5. The Morgan fingerprint density at radius 3 is 1.98 bits per heavy atom. The molecule has 0 unspecified atom stereocenters. The van der Waals surface area contributed by atoms with Gasteiger partial charge in [0.05, 0.1) is 39.3 Å². The van der Waals surface area contributed by atoms with E-state index in [0.29, 0.717) is 15.9 Å². The van der Waals surface area contributed by atoms with Crippen LogP contribution in [0.25, 0.3) is 43.9 Å². The first-order valence-corrected chi connectivity index (χ1v) is 17.1. The van der Waals surface area contributed by atoms with Crippen molar-refractivity contribution in [3.8, 4) is 0 Å². The molecule has 6 heterocycles. The molecule has 0 aliphatic rings. The largest absolute Gasteiger partial charge is 0.359 e. The topological polar surface area (TPSA) is 72.3 Å². The molecule has 2 aromatic carbocycles. The van der Waals surface area contributed by atoms with Crippen LogP contribution in [0.5, 0.6) is 0 Å². The summed E-state index contributed by atoms with van der Waals surface area (Å²) in [5.74, 6) is 0.516. The quantitative estimate of drug-likeness (QED) is 0.142. The van der Waals surface area contributed by atoms with Gasteiger partial charge >= 0.3 is 0 Å². The van der Waals surface area contributed by atoms with Gasteiger partial charge in [0, 0.05) is 60.4 Å². The van der Waals surface area contributed by atoms with E-state index in [2.05, 4.69) is 99.1 Å². The van der Waals surface area contributed by atoms with E-state index >= 15 is 0 Å². The maximum atomic E-state index is 6.04. The summed E-state index contributed by atoms with van der Waals surface area (Å²) in [5.41, 5.74) is 8.56. The highest BCUT2D eigenvalue weighted by molar-refractivity contribution is 14.1. The van der Waals surface area contributed by atoms with Gasteiger partial charge in [0.25, 0.3) is 0 Å². The standard InChI is InChI=1S/C17H11ClIN3.C10H7Cl2N.C7H5IN2/c18-13-7-12-6-11(3-4-15(12)21-8-13)9-22-10-14(19)17-16(22)2-1-5-20-17;11-5-7-1-2-10-8(3-7)4-9(12)6-13-10;8-5-4-10-6-2-1-3-9-7(5)6/h1-8,10H,9H2;1-4,6H,5H2;1-4,10H. The van der Waals surface area contributed by atoms with E-state index < -0.39 is 0 Å². The molecule has 0 saturated carbocycles. The molecule has 6 aromatic heterocycles. The second kappa shape index (κ2) is 14.6. The van der Waals surface area contributed by atoms with Gasteiger partial charge in [0.15, 0.2) is 0 Å². The number of hydrogen-bond donors (Lipinski definition) is 1. The van der Waals surface area contributed by atoms with Crippen LogP contribution < -0.4 is 0 Å². The van der Waals surface area contributed by atoms with Crippen molar-refractivity contribution in [2.24, 2.45) is 0 Å². The Bertz CT molecular complexity index is 2270. The molecule has 8 aromatic rings. The van der Waals surface area contributed by atoms with Crippen molar-refractivity contribution in [2.45, 2.75) is 12.4 Å². The minimum absolute atomic E-state index is 0.516. The summed E-state index contributed by atoms with van der Waals surface area (Å²) in [7, 11) is 0. The lowest BCUT2D eigenvalue weighted by molar-refractivity contribution is 0.836. The van der Waals surface area contributed by atoms with Crippen molar-refractivity contribution in [1.29, 1.82) is 0 Å². The Morgan fingerprint density at radius 1 is 0.689 bits per heavy atom. The Morgan fingerprint density at radius 2 is 1.31 bits per heavy atom. The van der Waals surface area contributed by atoms with E-state index in [0.717, 1.165) is 56.0 Å². The Kier molecular flexibility index (Phi) is 10.4. The Hall–Kier alpha value is -3.03. The lowest BCUT2D eigenvalue weighted by Crippen LogP contribution is -1.98. The fraction of sp³-hybridized carbons (Fsp3) is 0.0588. The number of H-pyrrole nitrogens is 1. The SMILES string of the molecule is ClCc1ccc2ncc(Cl)cc2c1.Clc1cnc2ccc(Cn3cc(I)c4ncccc43)cc2c1.Ic1c[nH]c2cccnc12. The first-order valence-electron chi connectivity index (χ1n) is 13.7. The molecule has 6 nitrogen and oxygen atoms in total. The highest BCUT2D eigenvalue weighted by Gasteiger charge is 2.08. The van der Waals surface area contributed by atoms with E-state index in [-0.39, 0.29) is 0 Å². The van der Waals surface area contributed by atoms with Crippen molar-refractivity contribution < 1.29 is 0 Å². The van der Waals surface area contributed by atoms with Crippen molar-refractivity contribution >= 4 is 124 Å². The maximum absolute atomic E-state index is 6.04. The number of hydrogen-bond acceptors (Lipinski definition) is 4. The third-order valence-corrected chi connectivity index (χ3v) is 9.25. The first-order chi connectivity index (χ1) is 21.9. The van der Waals surface area contributed by atoms with Gasteiger partial charge in [0.2, 0.25) is 0 Å². The fourth-order valence-corrected chi connectivity index (χ4v) is 6.66. The van der Waals surface area contributed by atoms with E-state index in [1.165, 1.54) is 12.7 Å². The summed E-state index contributed by atoms with van der Waals surface area (Å²) in [6, 6.07) is 24.1. The molecular weight excluding hydrogens is 853 g/mol. The van der Waals surface area contributed by atoms with Crippen LogP contribution in [0.3, 0.4) is 0 Å². The van der Waals surface area contributed by atoms with Crippen molar-refractivity contribution in [1.82, 2.24) is 29.5 Å². The average Bonchev–Trinajstić information content (AvgIpc) is 3.60. The molecule has 0 bridgehead atoms. The summed E-state index contributed by atoms with van der Waals surface area (Å²) < 4.78 is 4.57. The molecule has 1 N–H and O–H groups in total. The number of aromatic nitrogens is 6. The number of aromatic amines is 1. The van der Waals surface area contributed by atoms with Crippen LogP contribution in [0, 0.1) is 7.14 Å². The van der Waals surface area contributed by atoms with Gasteiger partial charge in [-0.25, -0.2) is 0 Å². The monoisotopic (exact) mass is 874 g/mol. The summed E-state index contributed by atoms with van der Waals surface area (Å²) >= 11 is 22.2. The molecule has 0 atom stereocenters. The minimum Gasteiger partial charge on any atom is -0.359 e. The van der Waals surface area contributed by atoms with Gasteiger partial charge < -0.3 is 9.55 Å². The average molecular weight is 876 g/mol. The van der Waals surface area contributed by atoms with Gasteiger partial charge in [-0.05, 0) is 117 Å². The van der Waals surface area contributed by atoms with E-state index in [1.54, 1.807) is 18.6 Å². The van der Waals surface area contributed by atoms with E-state index in [4.69, 9.17) is 34.8 Å². The molecule has 0 aliphatic heterocycles. The molecule has 0 radical (unpaired) electrons. The predicted molar refractivity (Wildman–Crippen MR) is 203 cm³/mol. The van der Waals surface area contributed by atoms with Crippen LogP contribution in [0.15, 0.2) is 110 Å². The molecule has 0 amide bonds. The van der Waals surface area contributed by atoms with Gasteiger partial charge in [-0.3, -0.25) is 19.9 Å². The minimum atomic E-state index is 0.516. The molecule has 224 valence electrons. The number of halogens is 5. The van der Waals surface area contributed by atoms with Crippen LogP contribution in [-0.2, 0) is 12.4 Å². The predicted octanol–water partition coefficient (Wildman–Crippen LogP) is 10.7. The van der Waals surface area contributed by atoms with Crippen LogP contribution in [0.2, 0.25) is 10.0 Å². The van der Waals surface area contributed by atoms with Crippen molar-refractivity contribution in [3.63, 3.8) is 0 Å². The fourth-order valence-electron chi connectivity index (χ4n) is 4.82. The lowest BCUT2D eigenvalue weighted by Gasteiger charge is -2.07. The lowest BCUT2D eigenvalue weighted by atomic mass is 10.1. The summed E-state index contributed by atoms with van der Waals surface area (Å²) in [5, 5.41) is 3.41. The molecule has 0 spiro atoms. The van der Waals surface area contributed by atoms with Crippen LogP contribution >= 0.6 is 80.0 Å². The smallest absolute Gasteiger partial charge is 0.101 e. The van der Waals surface area contributed by atoms with Crippen LogP contribution in [0.1, 0.15) is 11.1 Å². The Labute approximate surface area is 301 Å². The molecule has 8 rings (SSSR count). The summed E-state index contributed by atoms with van der Waals surface area (Å²) in [4.78, 5) is 20.3. The molecule has 11 heteroatoms. The number of benzene rings is 2. The molecular formula is C34H23Cl3I2N6. The molecule has 0 fully saturated rings. The highest BCUT2D eigenvalue weighted by Crippen LogP contribution is 2.24. The molecule has 0 aliphatic carbocycles. The zero-order chi connectivity index (χ0) is 31.3. The number of pyridine rings is 4. The van der Waals surface area contributed by atoms with Crippen molar-refractivity contribution in [2.75, 3.05) is 0 Å². The summed E-state index contributed by atoms with van der Waals surface area (Å²) in [6.07, 6.45) is 11.1. The molecule has 0 saturated heterocycles. The zero-order valence-corrected chi connectivity index (χ0v) is 30.0. The number of fused-ring (bicyclic) bond motifs is 4. The highest BCUT2D eigenvalue weighted by atomic mass is 127. The number of rotatable bonds is 3. The number of nitrogens with zero attached hydrogens (tertiary/aromatic N) is 5. The van der Waals surface area contributed by atoms with Crippen LogP contribution in [-0.4, -0.2) is 29.5 Å². The van der Waals surface area contributed by atoms with E-state index in [1.807, 2.05) is 67.0 Å². The van der Waals surface area contributed by atoms with Crippen molar-refractivity contribution in [3.05, 3.63) is 138 Å². The number of alkyl halides is 1. The van der Waals surface area contributed by atoms with Gasteiger partial charge in [-0.1, -0.05) is 35.3 Å². The van der Waals surface area contributed by atoms with Gasteiger partial charge in [-0.15, -0.1) is 11.6 Å².